The highest BCUT2D eigenvalue weighted by molar-refractivity contribution is 6.04. The largest absolute Gasteiger partial charge is 0.495 e. The molecule has 0 aliphatic carbocycles. The third kappa shape index (κ3) is 2.43. The molecule has 0 saturated heterocycles. The summed E-state index contributed by atoms with van der Waals surface area (Å²) in [6.07, 6.45) is 1.44. The lowest BCUT2D eigenvalue weighted by molar-refractivity contribution is 0.0995. The van der Waals surface area contributed by atoms with Gasteiger partial charge in [-0.15, -0.1) is 0 Å². The number of hydrogen-bond donors (Lipinski definition) is 1. The Morgan fingerprint density at radius 1 is 1.42 bits per heavy atom. The van der Waals surface area contributed by atoms with E-state index in [0.717, 1.165) is 5.56 Å². The Bertz CT molecular complexity index is 653. The maximum atomic E-state index is 12.1. The van der Waals surface area contributed by atoms with Crippen LogP contribution in [-0.2, 0) is 0 Å². The van der Waals surface area contributed by atoms with Gasteiger partial charge in [-0.1, -0.05) is 6.07 Å². The smallest absolute Gasteiger partial charge is 0.291 e. The van der Waals surface area contributed by atoms with E-state index in [9.17, 15) is 4.79 Å². The average Bonchev–Trinajstić information content (AvgIpc) is 2.85. The van der Waals surface area contributed by atoms with Gasteiger partial charge >= 0.3 is 0 Å². The molecule has 2 aromatic rings. The van der Waals surface area contributed by atoms with E-state index in [4.69, 9.17) is 14.4 Å². The number of hydrogen-bond acceptors (Lipinski definition) is 4. The van der Waals surface area contributed by atoms with Crippen molar-refractivity contribution in [3.8, 4) is 11.8 Å². The lowest BCUT2D eigenvalue weighted by Crippen LogP contribution is -2.14. The molecule has 1 amide bonds. The van der Waals surface area contributed by atoms with Crippen LogP contribution in [0.25, 0.3) is 0 Å². The van der Waals surface area contributed by atoms with Gasteiger partial charge in [-0.2, -0.15) is 5.26 Å². The van der Waals surface area contributed by atoms with Crippen molar-refractivity contribution in [1.29, 1.82) is 5.26 Å². The third-order valence-electron chi connectivity index (χ3n) is 2.67. The summed E-state index contributed by atoms with van der Waals surface area (Å²) in [6.45, 7) is 1.77. The Labute approximate surface area is 110 Å². The molecule has 0 bridgehead atoms. The van der Waals surface area contributed by atoms with E-state index in [1.165, 1.54) is 13.4 Å². The fourth-order valence-corrected chi connectivity index (χ4v) is 1.70. The van der Waals surface area contributed by atoms with E-state index in [1.54, 1.807) is 31.2 Å². The van der Waals surface area contributed by atoms with Gasteiger partial charge in [0.05, 0.1) is 18.9 Å². The standard InChI is InChI=1S/C14H12N2O3/c1-9-6-7-19-13(9)14(17)16-12-10(8-15)4-3-5-11(12)18-2/h3-7H,1-2H3,(H,16,17). The van der Waals surface area contributed by atoms with E-state index >= 15 is 0 Å². The highest BCUT2D eigenvalue weighted by Crippen LogP contribution is 2.28. The summed E-state index contributed by atoms with van der Waals surface area (Å²) in [4.78, 5) is 12.1. The topological polar surface area (TPSA) is 75.3 Å². The second-order valence-electron chi connectivity index (χ2n) is 3.88. The Hall–Kier alpha value is -2.74. The van der Waals surface area contributed by atoms with Crippen LogP contribution in [0.3, 0.4) is 0 Å². The summed E-state index contributed by atoms with van der Waals surface area (Å²) in [5.74, 6) is 0.231. The highest BCUT2D eigenvalue weighted by atomic mass is 16.5. The molecular weight excluding hydrogens is 244 g/mol. The number of para-hydroxylation sites is 1. The molecule has 0 saturated carbocycles. The number of furan rings is 1. The molecule has 0 fully saturated rings. The number of nitrogens with zero attached hydrogens (tertiary/aromatic N) is 1. The molecule has 5 nitrogen and oxygen atoms in total. The molecule has 0 unspecified atom stereocenters. The number of anilines is 1. The zero-order valence-corrected chi connectivity index (χ0v) is 10.6. The van der Waals surface area contributed by atoms with Crippen LogP contribution in [0.4, 0.5) is 5.69 Å². The minimum atomic E-state index is -0.413. The normalized spacial score (nSPS) is 9.74. The number of aryl methyl sites for hydroxylation is 1. The van der Waals surface area contributed by atoms with Crippen molar-refractivity contribution in [1.82, 2.24) is 0 Å². The summed E-state index contributed by atoms with van der Waals surface area (Å²) < 4.78 is 10.2. The first-order chi connectivity index (χ1) is 9.17. The van der Waals surface area contributed by atoms with Crippen molar-refractivity contribution in [3.63, 3.8) is 0 Å². The zero-order valence-electron chi connectivity index (χ0n) is 10.6. The van der Waals surface area contributed by atoms with Crippen LogP contribution >= 0.6 is 0 Å². The molecule has 1 N–H and O–H groups in total. The van der Waals surface area contributed by atoms with E-state index in [0.29, 0.717) is 17.0 Å². The van der Waals surface area contributed by atoms with Gasteiger partial charge in [0.2, 0.25) is 0 Å². The lowest BCUT2D eigenvalue weighted by Gasteiger charge is -2.10. The van der Waals surface area contributed by atoms with Gasteiger partial charge in [0.25, 0.3) is 5.91 Å². The van der Waals surface area contributed by atoms with Gasteiger partial charge < -0.3 is 14.5 Å². The van der Waals surface area contributed by atoms with Crippen molar-refractivity contribution < 1.29 is 13.9 Å². The molecule has 0 atom stereocenters. The number of carbonyl (C=O) groups is 1. The molecule has 96 valence electrons. The molecule has 0 aliphatic heterocycles. The van der Waals surface area contributed by atoms with Crippen LogP contribution < -0.4 is 10.1 Å². The first kappa shape index (κ1) is 12.7. The number of nitrogens with one attached hydrogen (secondary N) is 1. The molecule has 0 spiro atoms. The highest BCUT2D eigenvalue weighted by Gasteiger charge is 2.17. The first-order valence-corrected chi connectivity index (χ1v) is 5.60. The first-order valence-electron chi connectivity index (χ1n) is 5.60. The van der Waals surface area contributed by atoms with Crippen LogP contribution in [0.1, 0.15) is 21.7 Å². The third-order valence-corrected chi connectivity index (χ3v) is 2.67. The monoisotopic (exact) mass is 256 g/mol. The van der Waals surface area contributed by atoms with Crippen LogP contribution in [0.15, 0.2) is 34.9 Å². The molecule has 1 aromatic carbocycles. The lowest BCUT2D eigenvalue weighted by atomic mass is 10.1. The van der Waals surface area contributed by atoms with E-state index in [-0.39, 0.29) is 5.76 Å². The van der Waals surface area contributed by atoms with Crippen LogP contribution in [0.5, 0.6) is 5.75 Å². The van der Waals surface area contributed by atoms with Crippen LogP contribution in [0.2, 0.25) is 0 Å². The minimum Gasteiger partial charge on any atom is -0.495 e. The van der Waals surface area contributed by atoms with Crippen molar-refractivity contribution in [2.24, 2.45) is 0 Å². The Morgan fingerprint density at radius 3 is 2.79 bits per heavy atom. The fourth-order valence-electron chi connectivity index (χ4n) is 1.70. The predicted octanol–water partition coefficient (Wildman–Crippen LogP) is 2.72. The maximum absolute atomic E-state index is 12.1. The Balaban J connectivity index is 2.36. The van der Waals surface area contributed by atoms with Crippen molar-refractivity contribution in [2.45, 2.75) is 6.92 Å². The van der Waals surface area contributed by atoms with E-state index in [1.807, 2.05) is 6.07 Å². The second kappa shape index (κ2) is 5.27. The summed E-state index contributed by atoms with van der Waals surface area (Å²) in [5, 5.41) is 11.7. The van der Waals surface area contributed by atoms with Crippen molar-refractivity contribution >= 4 is 11.6 Å². The molecule has 5 heteroatoms. The van der Waals surface area contributed by atoms with Crippen molar-refractivity contribution in [2.75, 3.05) is 12.4 Å². The molecule has 2 rings (SSSR count). The Kier molecular flexibility index (Phi) is 3.53. The molecule has 1 aromatic heterocycles. The number of rotatable bonds is 3. The number of nitriles is 1. The number of benzene rings is 1. The van der Waals surface area contributed by atoms with Gasteiger partial charge in [0, 0.05) is 5.56 Å². The van der Waals surface area contributed by atoms with E-state index < -0.39 is 5.91 Å². The maximum Gasteiger partial charge on any atom is 0.291 e. The SMILES string of the molecule is COc1cccc(C#N)c1NC(=O)c1occc1C. The average molecular weight is 256 g/mol. The number of amides is 1. The van der Waals surface area contributed by atoms with Crippen LogP contribution in [0, 0.1) is 18.3 Å². The van der Waals surface area contributed by atoms with Gasteiger partial charge in [0.15, 0.2) is 5.76 Å². The van der Waals surface area contributed by atoms with Gasteiger partial charge in [-0.25, -0.2) is 0 Å². The molecule has 1 heterocycles. The summed E-state index contributed by atoms with van der Waals surface area (Å²) in [5.41, 5.74) is 1.40. The van der Waals surface area contributed by atoms with Gasteiger partial charge in [0.1, 0.15) is 17.5 Å². The van der Waals surface area contributed by atoms with E-state index in [2.05, 4.69) is 5.32 Å². The molecule has 19 heavy (non-hydrogen) atoms. The zero-order chi connectivity index (χ0) is 13.8. The molecular formula is C14H12N2O3. The summed E-state index contributed by atoms with van der Waals surface area (Å²) in [6, 6.07) is 8.67. The quantitative estimate of drug-likeness (QED) is 0.916. The minimum absolute atomic E-state index is 0.217. The van der Waals surface area contributed by atoms with Gasteiger partial charge in [-0.05, 0) is 25.1 Å². The van der Waals surface area contributed by atoms with Crippen molar-refractivity contribution in [3.05, 3.63) is 47.4 Å². The summed E-state index contributed by atoms with van der Waals surface area (Å²) >= 11 is 0. The van der Waals surface area contributed by atoms with Gasteiger partial charge in [-0.3, -0.25) is 4.79 Å². The predicted molar refractivity (Wildman–Crippen MR) is 69.1 cm³/mol. The van der Waals surface area contributed by atoms with Crippen LogP contribution in [-0.4, -0.2) is 13.0 Å². The number of methoxy groups -OCH3 is 1. The molecule has 0 radical (unpaired) electrons. The number of ether oxygens (including phenoxy) is 1. The summed E-state index contributed by atoms with van der Waals surface area (Å²) in [7, 11) is 1.48. The second-order valence-corrected chi connectivity index (χ2v) is 3.88. The molecule has 0 aliphatic rings. The Morgan fingerprint density at radius 2 is 2.21 bits per heavy atom. The fraction of sp³-hybridized carbons (Fsp3) is 0.143. The number of carbonyl (C=O) groups excluding carboxylic acids is 1.